The van der Waals surface area contributed by atoms with Crippen LogP contribution in [-0.4, -0.2) is 42.5 Å². The van der Waals surface area contributed by atoms with Crippen molar-refractivity contribution in [2.24, 2.45) is 0 Å². The van der Waals surface area contributed by atoms with Crippen LogP contribution in [0.1, 0.15) is 23.0 Å². The zero-order valence-corrected chi connectivity index (χ0v) is 13.9. The van der Waals surface area contributed by atoms with E-state index in [9.17, 15) is 4.79 Å². The summed E-state index contributed by atoms with van der Waals surface area (Å²) in [7, 11) is 1.89. The van der Waals surface area contributed by atoms with Crippen LogP contribution in [0.2, 0.25) is 0 Å². The molecule has 1 amide bonds. The smallest absolute Gasteiger partial charge is 0.255 e. The monoisotopic (exact) mass is 323 g/mol. The van der Waals surface area contributed by atoms with E-state index in [2.05, 4.69) is 4.98 Å². The van der Waals surface area contributed by atoms with Crippen LogP contribution in [0.5, 0.6) is 0 Å². The van der Waals surface area contributed by atoms with E-state index in [4.69, 9.17) is 11.0 Å². The summed E-state index contributed by atoms with van der Waals surface area (Å²) in [4.78, 5) is 20.5. The molecule has 124 valence electrons. The summed E-state index contributed by atoms with van der Waals surface area (Å²) in [5.41, 5.74) is 7.27. The summed E-state index contributed by atoms with van der Waals surface area (Å²) in [6.07, 6.45) is 0. The van der Waals surface area contributed by atoms with Crippen molar-refractivity contribution >= 4 is 17.4 Å². The second-order valence-electron chi connectivity index (χ2n) is 5.39. The first kappa shape index (κ1) is 17.3. The van der Waals surface area contributed by atoms with Gasteiger partial charge in [0.2, 0.25) is 0 Å². The zero-order valence-electron chi connectivity index (χ0n) is 13.9. The Morgan fingerprint density at radius 3 is 2.62 bits per heavy atom. The zero-order chi connectivity index (χ0) is 17.5. The first-order chi connectivity index (χ1) is 11.6. The van der Waals surface area contributed by atoms with Crippen molar-refractivity contribution in [1.29, 1.82) is 5.26 Å². The predicted molar refractivity (Wildman–Crippen MR) is 94.7 cm³/mol. The van der Waals surface area contributed by atoms with E-state index >= 15 is 0 Å². The topological polar surface area (TPSA) is 86.2 Å². The van der Waals surface area contributed by atoms with Gasteiger partial charge in [-0.3, -0.25) is 4.79 Å². The van der Waals surface area contributed by atoms with Gasteiger partial charge in [-0.25, -0.2) is 4.98 Å². The van der Waals surface area contributed by atoms with Gasteiger partial charge in [-0.15, -0.1) is 0 Å². The summed E-state index contributed by atoms with van der Waals surface area (Å²) in [6, 6.07) is 14.4. The Labute approximate surface area is 142 Å². The highest BCUT2D eigenvalue weighted by molar-refractivity contribution is 5.99. The fourth-order valence-electron chi connectivity index (χ4n) is 2.35. The van der Waals surface area contributed by atoms with Gasteiger partial charge in [0.25, 0.3) is 5.91 Å². The highest BCUT2D eigenvalue weighted by atomic mass is 16.2. The number of anilines is 2. The van der Waals surface area contributed by atoms with Crippen molar-refractivity contribution < 1.29 is 4.79 Å². The third kappa shape index (κ3) is 4.02. The van der Waals surface area contributed by atoms with Crippen LogP contribution in [0, 0.1) is 11.3 Å². The molecule has 0 unspecified atom stereocenters. The number of nitrogens with zero attached hydrogens (tertiary/aromatic N) is 4. The van der Waals surface area contributed by atoms with E-state index in [1.54, 1.807) is 35.2 Å². The highest BCUT2D eigenvalue weighted by Crippen LogP contribution is 2.14. The standard InChI is InChI=1S/C18H21N5O/c1-3-23(18(24)15-8-4-5-9-16(15)20)12-11-22(2)17-10-6-7-14(13-19)21-17/h4-10H,3,11-12,20H2,1-2H3. The Bertz CT molecular complexity index is 753. The average molecular weight is 323 g/mol. The second-order valence-corrected chi connectivity index (χ2v) is 5.39. The van der Waals surface area contributed by atoms with Crippen molar-refractivity contribution in [3.63, 3.8) is 0 Å². The second kappa shape index (κ2) is 7.97. The molecule has 6 nitrogen and oxygen atoms in total. The van der Waals surface area contributed by atoms with Gasteiger partial charge in [0, 0.05) is 32.4 Å². The number of pyridine rings is 1. The van der Waals surface area contributed by atoms with Crippen LogP contribution < -0.4 is 10.6 Å². The van der Waals surface area contributed by atoms with Crippen LogP contribution in [0.25, 0.3) is 0 Å². The Morgan fingerprint density at radius 2 is 1.96 bits per heavy atom. The lowest BCUT2D eigenvalue weighted by Gasteiger charge is -2.25. The lowest BCUT2D eigenvalue weighted by Crippen LogP contribution is -2.38. The van der Waals surface area contributed by atoms with Gasteiger partial charge in [0.15, 0.2) is 0 Å². The van der Waals surface area contributed by atoms with Gasteiger partial charge in [-0.2, -0.15) is 5.26 Å². The minimum absolute atomic E-state index is 0.0808. The molecule has 2 N–H and O–H groups in total. The molecule has 0 atom stereocenters. The molecular formula is C18H21N5O. The van der Waals surface area contributed by atoms with Gasteiger partial charge in [-0.05, 0) is 31.2 Å². The molecule has 1 aromatic heterocycles. The molecule has 2 rings (SSSR count). The largest absolute Gasteiger partial charge is 0.398 e. The number of carbonyl (C=O) groups is 1. The molecule has 6 heteroatoms. The van der Waals surface area contributed by atoms with Crippen molar-refractivity contribution in [3.8, 4) is 6.07 Å². The van der Waals surface area contributed by atoms with Crippen LogP contribution in [0.3, 0.4) is 0 Å². The maximum Gasteiger partial charge on any atom is 0.255 e. The molecule has 0 spiro atoms. The predicted octanol–water partition coefficient (Wildman–Crippen LogP) is 2.13. The number of nitrogens with two attached hydrogens (primary N) is 1. The van der Waals surface area contributed by atoms with E-state index in [-0.39, 0.29) is 5.91 Å². The number of nitrogen functional groups attached to an aromatic ring is 1. The molecule has 1 aromatic carbocycles. The molecule has 0 bridgehead atoms. The van der Waals surface area contributed by atoms with E-state index < -0.39 is 0 Å². The van der Waals surface area contributed by atoms with Crippen LogP contribution in [0.15, 0.2) is 42.5 Å². The number of aromatic nitrogens is 1. The maximum absolute atomic E-state index is 12.6. The number of carbonyl (C=O) groups excluding carboxylic acids is 1. The SMILES string of the molecule is CCN(CCN(C)c1cccc(C#N)n1)C(=O)c1ccccc1N. The van der Waals surface area contributed by atoms with Gasteiger partial charge < -0.3 is 15.5 Å². The van der Waals surface area contributed by atoms with E-state index in [0.29, 0.717) is 42.4 Å². The Hall–Kier alpha value is -3.07. The molecule has 0 saturated heterocycles. The molecule has 0 radical (unpaired) electrons. The normalized spacial score (nSPS) is 10.0. The molecule has 0 aliphatic carbocycles. The van der Waals surface area contributed by atoms with Gasteiger partial charge in [0.1, 0.15) is 17.6 Å². The fourth-order valence-corrected chi connectivity index (χ4v) is 2.35. The number of likely N-dealkylation sites (N-methyl/N-ethyl adjacent to an activating group) is 2. The molecule has 0 fully saturated rings. The minimum Gasteiger partial charge on any atom is -0.398 e. The number of nitriles is 1. The number of hydrogen-bond acceptors (Lipinski definition) is 5. The average Bonchev–Trinajstić information content (AvgIpc) is 2.62. The summed E-state index contributed by atoms with van der Waals surface area (Å²) in [6.45, 7) is 3.67. The Kier molecular flexibility index (Phi) is 5.74. The quantitative estimate of drug-likeness (QED) is 0.823. The maximum atomic E-state index is 12.6. The molecule has 0 saturated carbocycles. The number of benzene rings is 1. The lowest BCUT2D eigenvalue weighted by molar-refractivity contribution is 0.0770. The molecular weight excluding hydrogens is 302 g/mol. The third-order valence-corrected chi connectivity index (χ3v) is 3.81. The Balaban J connectivity index is 2.04. The van der Waals surface area contributed by atoms with Gasteiger partial charge in [0.05, 0.1) is 5.56 Å². The number of rotatable bonds is 6. The van der Waals surface area contributed by atoms with Crippen molar-refractivity contribution in [2.45, 2.75) is 6.92 Å². The summed E-state index contributed by atoms with van der Waals surface area (Å²) in [5, 5.41) is 8.93. The van der Waals surface area contributed by atoms with Crippen LogP contribution in [0.4, 0.5) is 11.5 Å². The van der Waals surface area contributed by atoms with Crippen molar-refractivity contribution in [3.05, 3.63) is 53.7 Å². The first-order valence-corrected chi connectivity index (χ1v) is 7.79. The van der Waals surface area contributed by atoms with E-state index in [1.807, 2.05) is 37.1 Å². The van der Waals surface area contributed by atoms with Crippen molar-refractivity contribution in [2.75, 3.05) is 37.3 Å². The molecule has 0 aliphatic rings. The first-order valence-electron chi connectivity index (χ1n) is 7.79. The van der Waals surface area contributed by atoms with Crippen molar-refractivity contribution in [1.82, 2.24) is 9.88 Å². The van der Waals surface area contributed by atoms with Gasteiger partial charge in [-0.1, -0.05) is 18.2 Å². The fraction of sp³-hybridized carbons (Fsp3) is 0.278. The molecule has 24 heavy (non-hydrogen) atoms. The number of para-hydroxylation sites is 1. The summed E-state index contributed by atoms with van der Waals surface area (Å²) in [5.74, 6) is 0.625. The number of amides is 1. The molecule has 2 aromatic rings. The van der Waals surface area contributed by atoms with E-state index in [0.717, 1.165) is 0 Å². The Morgan fingerprint density at radius 1 is 1.21 bits per heavy atom. The summed E-state index contributed by atoms with van der Waals surface area (Å²) >= 11 is 0. The minimum atomic E-state index is -0.0808. The number of hydrogen-bond donors (Lipinski definition) is 1. The highest BCUT2D eigenvalue weighted by Gasteiger charge is 2.17. The van der Waals surface area contributed by atoms with Crippen LogP contribution in [-0.2, 0) is 0 Å². The summed E-state index contributed by atoms with van der Waals surface area (Å²) < 4.78 is 0. The molecule has 0 aliphatic heterocycles. The third-order valence-electron chi connectivity index (χ3n) is 3.81. The van der Waals surface area contributed by atoms with Gasteiger partial charge >= 0.3 is 0 Å². The van der Waals surface area contributed by atoms with Crippen LogP contribution >= 0.6 is 0 Å². The lowest BCUT2D eigenvalue weighted by atomic mass is 10.1. The molecule has 1 heterocycles. The van der Waals surface area contributed by atoms with E-state index in [1.165, 1.54) is 0 Å².